The summed E-state index contributed by atoms with van der Waals surface area (Å²) in [4.78, 5) is 17.4. The molecule has 1 aromatic carbocycles. The summed E-state index contributed by atoms with van der Waals surface area (Å²) >= 11 is 1.35. The van der Waals surface area contributed by atoms with E-state index in [1.165, 1.54) is 28.4 Å². The van der Waals surface area contributed by atoms with Crippen molar-refractivity contribution in [3.63, 3.8) is 0 Å². The fourth-order valence-electron chi connectivity index (χ4n) is 1.64. The smallest absolute Gasteiger partial charge is 0.387 e. The van der Waals surface area contributed by atoms with Gasteiger partial charge < -0.3 is 9.64 Å². The topological polar surface area (TPSA) is 42.4 Å². The number of hydrogen-bond acceptors (Lipinski definition) is 4. The maximum Gasteiger partial charge on any atom is 0.387 e. The Kier molecular flexibility index (Phi) is 4.62. The maximum atomic E-state index is 12.0. The number of thiazole rings is 1. The minimum atomic E-state index is -2.84. The van der Waals surface area contributed by atoms with Gasteiger partial charge in [-0.2, -0.15) is 8.78 Å². The summed E-state index contributed by atoms with van der Waals surface area (Å²) in [6, 6.07) is 6.18. The summed E-state index contributed by atoms with van der Waals surface area (Å²) in [5, 5.41) is 1.68. The number of aromatic nitrogens is 1. The Labute approximate surface area is 118 Å². The normalized spacial score (nSPS) is 10.6. The molecule has 4 nitrogen and oxygen atoms in total. The van der Waals surface area contributed by atoms with Crippen LogP contribution in [0.1, 0.15) is 16.1 Å². The molecule has 0 atom stereocenters. The van der Waals surface area contributed by atoms with Crippen molar-refractivity contribution in [3.05, 3.63) is 46.4 Å². The molecule has 7 heteroatoms. The molecule has 0 spiro atoms. The van der Waals surface area contributed by atoms with E-state index < -0.39 is 6.61 Å². The van der Waals surface area contributed by atoms with E-state index in [0.29, 0.717) is 12.2 Å². The highest BCUT2D eigenvalue weighted by Gasteiger charge is 2.13. The average Bonchev–Trinajstić information content (AvgIpc) is 2.93. The third-order valence-electron chi connectivity index (χ3n) is 2.57. The number of alkyl halides is 2. The second kappa shape index (κ2) is 6.42. The van der Waals surface area contributed by atoms with Gasteiger partial charge in [0.25, 0.3) is 5.91 Å². The van der Waals surface area contributed by atoms with Gasteiger partial charge in [-0.3, -0.25) is 4.79 Å². The zero-order chi connectivity index (χ0) is 14.5. The number of amides is 1. The fourth-order valence-corrected chi connectivity index (χ4v) is 2.16. The maximum absolute atomic E-state index is 12.0. The standard InChI is InChI=1S/C13H12F2N2O2S/c1-17(12(18)11-7-20-8-16-11)6-9-2-4-10(5-3-9)19-13(14)15/h2-5,7-8,13H,6H2,1H3. The van der Waals surface area contributed by atoms with Gasteiger partial charge in [-0.25, -0.2) is 4.98 Å². The number of halogens is 2. The van der Waals surface area contributed by atoms with Gasteiger partial charge in [0.15, 0.2) is 0 Å². The average molecular weight is 298 g/mol. The molecule has 0 fully saturated rings. The van der Waals surface area contributed by atoms with E-state index in [2.05, 4.69) is 9.72 Å². The van der Waals surface area contributed by atoms with Crippen LogP contribution in [-0.2, 0) is 6.54 Å². The second-order valence-electron chi connectivity index (χ2n) is 4.06. The Morgan fingerprint density at radius 1 is 1.40 bits per heavy atom. The highest BCUT2D eigenvalue weighted by Crippen LogP contribution is 2.16. The van der Waals surface area contributed by atoms with Crippen LogP contribution in [0.3, 0.4) is 0 Å². The second-order valence-corrected chi connectivity index (χ2v) is 4.78. The van der Waals surface area contributed by atoms with Crippen LogP contribution in [0.15, 0.2) is 35.2 Å². The van der Waals surface area contributed by atoms with Crippen LogP contribution in [0, 0.1) is 0 Å². The van der Waals surface area contributed by atoms with Gasteiger partial charge in [0.2, 0.25) is 0 Å². The van der Waals surface area contributed by atoms with Crippen LogP contribution in [0.2, 0.25) is 0 Å². The molecule has 1 amide bonds. The van der Waals surface area contributed by atoms with E-state index in [1.807, 2.05) is 0 Å². The van der Waals surface area contributed by atoms with Gasteiger partial charge in [0.1, 0.15) is 11.4 Å². The number of ether oxygens (including phenoxy) is 1. The summed E-state index contributed by atoms with van der Waals surface area (Å²) in [6.07, 6.45) is 0. The van der Waals surface area contributed by atoms with E-state index in [1.54, 1.807) is 30.1 Å². The molecule has 1 heterocycles. The lowest BCUT2D eigenvalue weighted by atomic mass is 10.2. The predicted octanol–water partition coefficient (Wildman–Crippen LogP) is 3.02. The van der Waals surface area contributed by atoms with Crippen molar-refractivity contribution < 1.29 is 18.3 Å². The van der Waals surface area contributed by atoms with Gasteiger partial charge in [-0.15, -0.1) is 11.3 Å². The first-order valence-corrected chi connectivity index (χ1v) is 6.68. The van der Waals surface area contributed by atoms with Crippen LogP contribution >= 0.6 is 11.3 Å². The molecule has 0 unspecified atom stereocenters. The molecule has 0 aliphatic rings. The van der Waals surface area contributed by atoms with Gasteiger partial charge in [-0.05, 0) is 17.7 Å². The number of carbonyl (C=O) groups is 1. The number of benzene rings is 1. The summed E-state index contributed by atoms with van der Waals surface area (Å²) in [7, 11) is 1.66. The molecule has 0 radical (unpaired) electrons. The Morgan fingerprint density at radius 3 is 2.65 bits per heavy atom. The van der Waals surface area contributed by atoms with Crippen LogP contribution in [0.5, 0.6) is 5.75 Å². The summed E-state index contributed by atoms with van der Waals surface area (Å²) in [5.74, 6) is -0.0867. The molecule has 0 N–H and O–H groups in total. The molecule has 0 saturated carbocycles. The van der Waals surface area contributed by atoms with E-state index in [-0.39, 0.29) is 11.7 Å². The number of carbonyl (C=O) groups excluding carboxylic acids is 1. The number of hydrogen-bond donors (Lipinski definition) is 0. The molecule has 0 aliphatic heterocycles. The van der Waals surface area contributed by atoms with Gasteiger partial charge in [-0.1, -0.05) is 12.1 Å². The van der Waals surface area contributed by atoms with Crippen molar-refractivity contribution >= 4 is 17.2 Å². The first-order valence-electron chi connectivity index (χ1n) is 5.73. The van der Waals surface area contributed by atoms with Crippen molar-refractivity contribution in [1.82, 2.24) is 9.88 Å². The van der Waals surface area contributed by atoms with Crippen molar-refractivity contribution in [1.29, 1.82) is 0 Å². The molecule has 0 bridgehead atoms. The summed E-state index contributed by atoms with van der Waals surface area (Å²) in [6.45, 7) is -2.47. The quantitative estimate of drug-likeness (QED) is 0.852. The molecule has 2 aromatic rings. The fraction of sp³-hybridized carbons (Fsp3) is 0.231. The van der Waals surface area contributed by atoms with Gasteiger partial charge in [0, 0.05) is 19.0 Å². The lowest BCUT2D eigenvalue weighted by Gasteiger charge is -2.16. The van der Waals surface area contributed by atoms with Crippen molar-refractivity contribution in [3.8, 4) is 5.75 Å². The molecule has 0 aliphatic carbocycles. The number of nitrogens with zero attached hydrogens (tertiary/aromatic N) is 2. The first-order chi connectivity index (χ1) is 9.56. The zero-order valence-corrected chi connectivity index (χ0v) is 11.4. The monoisotopic (exact) mass is 298 g/mol. The molecule has 1 aromatic heterocycles. The van der Waals surface area contributed by atoms with E-state index in [4.69, 9.17) is 0 Å². The molecular weight excluding hydrogens is 286 g/mol. The van der Waals surface area contributed by atoms with Crippen LogP contribution in [0.4, 0.5) is 8.78 Å². The first kappa shape index (κ1) is 14.4. The molecular formula is C13H12F2N2O2S. The lowest BCUT2D eigenvalue weighted by Crippen LogP contribution is -2.26. The Morgan fingerprint density at radius 2 is 2.10 bits per heavy atom. The molecule has 106 valence electrons. The minimum absolute atomic E-state index is 0.0947. The highest BCUT2D eigenvalue weighted by molar-refractivity contribution is 7.07. The van der Waals surface area contributed by atoms with Crippen molar-refractivity contribution in [2.24, 2.45) is 0 Å². The Hall–Kier alpha value is -2.02. The number of rotatable bonds is 5. The predicted molar refractivity (Wildman–Crippen MR) is 71.0 cm³/mol. The minimum Gasteiger partial charge on any atom is -0.435 e. The van der Waals surface area contributed by atoms with Crippen LogP contribution in [-0.4, -0.2) is 29.5 Å². The Bertz CT molecular complexity index is 558. The highest BCUT2D eigenvalue weighted by atomic mass is 32.1. The lowest BCUT2D eigenvalue weighted by molar-refractivity contribution is -0.0498. The Balaban J connectivity index is 1.97. The SMILES string of the molecule is CN(Cc1ccc(OC(F)F)cc1)C(=O)c1cscn1. The molecule has 0 saturated heterocycles. The summed E-state index contributed by atoms with van der Waals surface area (Å²) < 4.78 is 28.3. The van der Waals surface area contributed by atoms with Crippen LogP contribution in [0.25, 0.3) is 0 Å². The van der Waals surface area contributed by atoms with Crippen molar-refractivity contribution in [2.45, 2.75) is 13.2 Å². The van der Waals surface area contributed by atoms with E-state index >= 15 is 0 Å². The van der Waals surface area contributed by atoms with E-state index in [9.17, 15) is 13.6 Å². The zero-order valence-electron chi connectivity index (χ0n) is 10.6. The van der Waals surface area contributed by atoms with Gasteiger partial charge in [0.05, 0.1) is 5.51 Å². The largest absolute Gasteiger partial charge is 0.435 e. The van der Waals surface area contributed by atoms with Crippen LogP contribution < -0.4 is 4.74 Å². The molecule has 20 heavy (non-hydrogen) atoms. The van der Waals surface area contributed by atoms with Gasteiger partial charge >= 0.3 is 6.61 Å². The molecule has 2 rings (SSSR count). The van der Waals surface area contributed by atoms with E-state index in [0.717, 1.165) is 5.56 Å². The third kappa shape index (κ3) is 3.74. The third-order valence-corrected chi connectivity index (χ3v) is 3.15. The summed E-state index contributed by atoms with van der Waals surface area (Å²) in [5.41, 5.74) is 2.81. The van der Waals surface area contributed by atoms with Crippen molar-refractivity contribution in [2.75, 3.05) is 7.05 Å².